The highest BCUT2D eigenvalue weighted by Crippen LogP contribution is 2.34. The molecule has 0 radical (unpaired) electrons. The quantitative estimate of drug-likeness (QED) is 0.169. The predicted octanol–water partition coefficient (Wildman–Crippen LogP) is 7.59. The highest BCUT2D eigenvalue weighted by atomic mass is 79.9. The van der Waals surface area contributed by atoms with Gasteiger partial charge >= 0.3 is 0 Å². The molecule has 2 aromatic heterocycles. The van der Waals surface area contributed by atoms with Gasteiger partial charge in [0.15, 0.2) is 0 Å². The number of anilines is 1. The van der Waals surface area contributed by atoms with Gasteiger partial charge < -0.3 is 10.1 Å². The monoisotopic (exact) mass is 531 g/mol. The molecule has 0 saturated heterocycles. The fraction of sp³-hybridized carbons (Fsp3) is 0.320. The molecule has 0 spiro atoms. The van der Waals surface area contributed by atoms with Crippen molar-refractivity contribution in [3.63, 3.8) is 0 Å². The van der Waals surface area contributed by atoms with E-state index in [9.17, 15) is 0 Å². The van der Waals surface area contributed by atoms with Crippen molar-refractivity contribution in [2.75, 3.05) is 32.1 Å². The van der Waals surface area contributed by atoms with E-state index in [1.54, 1.807) is 7.11 Å². The van der Waals surface area contributed by atoms with E-state index in [2.05, 4.69) is 50.6 Å². The van der Waals surface area contributed by atoms with Crippen molar-refractivity contribution < 1.29 is 4.74 Å². The third-order valence-corrected chi connectivity index (χ3v) is 7.35. The first-order valence-electron chi connectivity index (χ1n) is 10.8. The Balaban J connectivity index is 1.52. The Bertz CT molecular complexity index is 1210. The van der Waals surface area contributed by atoms with Crippen LogP contribution in [-0.4, -0.2) is 36.6 Å². The number of halogens is 2. The molecule has 0 amide bonds. The maximum atomic E-state index is 6.24. The first kappa shape index (κ1) is 23.3. The summed E-state index contributed by atoms with van der Waals surface area (Å²) in [5.41, 5.74) is 2.91. The van der Waals surface area contributed by atoms with Gasteiger partial charge in [0.1, 0.15) is 5.75 Å². The lowest BCUT2D eigenvalue weighted by Crippen LogP contribution is -2.26. The van der Waals surface area contributed by atoms with Gasteiger partial charge in [0.25, 0.3) is 0 Å². The second kappa shape index (κ2) is 10.8. The Kier molecular flexibility index (Phi) is 7.89. The molecule has 0 unspecified atom stereocenters. The normalized spacial score (nSPS) is 11.5. The maximum Gasteiger partial charge on any atom is 0.119 e. The third kappa shape index (κ3) is 5.54. The van der Waals surface area contributed by atoms with E-state index in [4.69, 9.17) is 21.3 Å². The Labute approximate surface area is 206 Å². The van der Waals surface area contributed by atoms with Crippen LogP contribution in [0.25, 0.3) is 21.8 Å². The van der Waals surface area contributed by atoms with Gasteiger partial charge in [-0.3, -0.25) is 4.90 Å². The summed E-state index contributed by atoms with van der Waals surface area (Å²) in [5.74, 6) is 0.826. The first-order valence-corrected chi connectivity index (χ1v) is 12.9. The van der Waals surface area contributed by atoms with E-state index < -0.39 is 0 Å². The van der Waals surface area contributed by atoms with Crippen LogP contribution in [0.4, 0.5) is 5.69 Å². The fourth-order valence-electron chi connectivity index (χ4n) is 3.97. The molecule has 0 saturated carbocycles. The van der Waals surface area contributed by atoms with Gasteiger partial charge in [-0.05, 0) is 77.8 Å². The van der Waals surface area contributed by atoms with E-state index in [1.807, 2.05) is 41.7 Å². The summed E-state index contributed by atoms with van der Waals surface area (Å²) < 4.78 is 6.63. The molecule has 2 heterocycles. The number of hydrogen-bond acceptors (Lipinski definition) is 5. The molecular formula is C25H27BrClN3OS. The zero-order chi connectivity index (χ0) is 22.5. The Morgan fingerprint density at radius 1 is 1.09 bits per heavy atom. The smallest absolute Gasteiger partial charge is 0.119 e. The summed E-state index contributed by atoms with van der Waals surface area (Å²) in [6.45, 7) is 6.27. The van der Waals surface area contributed by atoms with E-state index in [-0.39, 0.29) is 0 Å². The molecular weight excluding hydrogens is 506 g/mol. The lowest BCUT2D eigenvalue weighted by Gasteiger charge is -2.21. The second-order valence-electron chi connectivity index (χ2n) is 7.82. The SMILES string of the molecule is CCCN(CCCNc1c2ccc(Cl)cc2nc2ccc(OC)cc12)Cc1cc(Br)cs1. The van der Waals surface area contributed by atoms with Crippen LogP contribution in [0.3, 0.4) is 0 Å². The molecule has 0 atom stereocenters. The van der Waals surface area contributed by atoms with Crippen LogP contribution in [0.5, 0.6) is 5.75 Å². The van der Waals surface area contributed by atoms with Crippen LogP contribution in [0.15, 0.2) is 52.3 Å². The second-order valence-corrected chi connectivity index (χ2v) is 10.2. The number of aromatic nitrogens is 1. The first-order chi connectivity index (χ1) is 15.6. The lowest BCUT2D eigenvalue weighted by atomic mass is 10.1. The largest absolute Gasteiger partial charge is 0.497 e. The molecule has 4 rings (SSSR count). The molecule has 0 fully saturated rings. The number of rotatable bonds is 10. The van der Waals surface area contributed by atoms with Crippen LogP contribution in [0, 0.1) is 0 Å². The van der Waals surface area contributed by atoms with Crippen molar-refractivity contribution in [3.8, 4) is 5.75 Å². The molecule has 4 aromatic rings. The summed E-state index contributed by atoms with van der Waals surface area (Å²) in [4.78, 5) is 8.74. The number of thiophene rings is 1. The number of ether oxygens (including phenoxy) is 1. The van der Waals surface area contributed by atoms with Gasteiger partial charge in [-0.15, -0.1) is 11.3 Å². The van der Waals surface area contributed by atoms with Gasteiger partial charge in [0, 0.05) is 50.2 Å². The number of nitrogens with zero attached hydrogens (tertiary/aromatic N) is 2. The standard InChI is InChI=1S/C25H27BrClN3OS/c1-3-10-30(15-20-12-17(26)16-32-20)11-4-9-28-25-21-7-5-18(27)13-24(21)29-23-8-6-19(31-2)14-22(23)25/h5-8,12-14,16H,3-4,9-11,15H2,1-2H3,(H,28,29). The average molecular weight is 533 g/mol. The molecule has 4 nitrogen and oxygen atoms in total. The van der Waals surface area contributed by atoms with Crippen LogP contribution < -0.4 is 10.1 Å². The van der Waals surface area contributed by atoms with Crippen molar-refractivity contribution in [2.24, 2.45) is 0 Å². The van der Waals surface area contributed by atoms with Crippen molar-refractivity contribution >= 4 is 66.4 Å². The molecule has 0 aliphatic rings. The third-order valence-electron chi connectivity index (χ3n) is 5.44. The number of nitrogens with one attached hydrogen (secondary N) is 1. The van der Waals surface area contributed by atoms with Crippen molar-refractivity contribution in [2.45, 2.75) is 26.3 Å². The Morgan fingerprint density at radius 2 is 1.97 bits per heavy atom. The van der Waals surface area contributed by atoms with E-state index in [1.165, 1.54) is 9.35 Å². The number of benzene rings is 2. The van der Waals surface area contributed by atoms with Crippen LogP contribution >= 0.6 is 38.9 Å². The molecule has 0 aliphatic carbocycles. The highest BCUT2D eigenvalue weighted by molar-refractivity contribution is 9.10. The van der Waals surface area contributed by atoms with Gasteiger partial charge in [-0.1, -0.05) is 18.5 Å². The minimum atomic E-state index is 0.694. The molecule has 32 heavy (non-hydrogen) atoms. The molecule has 0 aliphatic heterocycles. The van der Waals surface area contributed by atoms with Crippen LogP contribution in [0.2, 0.25) is 5.02 Å². The summed E-state index contributed by atoms with van der Waals surface area (Å²) in [6, 6.07) is 14.1. The fourth-order valence-corrected chi connectivity index (χ4v) is 5.63. The van der Waals surface area contributed by atoms with Gasteiger partial charge in [0.2, 0.25) is 0 Å². The summed E-state index contributed by atoms with van der Waals surface area (Å²) in [6.07, 6.45) is 2.20. The van der Waals surface area contributed by atoms with Gasteiger partial charge in [-0.2, -0.15) is 0 Å². The van der Waals surface area contributed by atoms with Crippen LogP contribution in [-0.2, 0) is 6.54 Å². The zero-order valence-corrected chi connectivity index (χ0v) is 21.5. The van der Waals surface area contributed by atoms with Gasteiger partial charge in [-0.25, -0.2) is 4.98 Å². The van der Waals surface area contributed by atoms with Crippen molar-refractivity contribution in [1.29, 1.82) is 0 Å². The summed E-state index contributed by atoms with van der Waals surface area (Å²) in [5, 5.41) is 8.68. The minimum Gasteiger partial charge on any atom is -0.497 e. The number of hydrogen-bond donors (Lipinski definition) is 1. The molecule has 7 heteroatoms. The molecule has 0 bridgehead atoms. The van der Waals surface area contributed by atoms with Gasteiger partial charge in [0.05, 0.1) is 23.8 Å². The number of fused-ring (bicyclic) bond motifs is 2. The average Bonchev–Trinajstić information content (AvgIpc) is 3.20. The van der Waals surface area contributed by atoms with E-state index in [0.717, 1.165) is 72.3 Å². The van der Waals surface area contributed by atoms with Crippen molar-refractivity contribution in [3.05, 3.63) is 62.2 Å². The predicted molar refractivity (Wildman–Crippen MR) is 142 cm³/mol. The van der Waals surface area contributed by atoms with Crippen LogP contribution in [0.1, 0.15) is 24.6 Å². The maximum absolute atomic E-state index is 6.24. The van der Waals surface area contributed by atoms with E-state index in [0.29, 0.717) is 5.02 Å². The minimum absolute atomic E-state index is 0.694. The summed E-state index contributed by atoms with van der Waals surface area (Å²) >= 11 is 11.6. The molecule has 168 valence electrons. The zero-order valence-electron chi connectivity index (χ0n) is 18.3. The topological polar surface area (TPSA) is 37.4 Å². The lowest BCUT2D eigenvalue weighted by molar-refractivity contribution is 0.267. The van der Waals surface area contributed by atoms with Crippen molar-refractivity contribution in [1.82, 2.24) is 9.88 Å². The van der Waals surface area contributed by atoms with E-state index >= 15 is 0 Å². The molecule has 2 aromatic carbocycles. The summed E-state index contributed by atoms with van der Waals surface area (Å²) in [7, 11) is 1.69. The number of methoxy groups -OCH3 is 1. The Morgan fingerprint density at radius 3 is 2.72 bits per heavy atom. The molecule has 1 N–H and O–H groups in total. The highest BCUT2D eigenvalue weighted by Gasteiger charge is 2.12. The number of pyridine rings is 1. The Hall–Kier alpha value is -1.86.